The second kappa shape index (κ2) is 6.95. The lowest BCUT2D eigenvalue weighted by molar-refractivity contribution is -0.155. The number of benzene rings is 1. The average molecular weight is 364 g/mol. The Bertz CT molecular complexity index is 967. The summed E-state index contributed by atoms with van der Waals surface area (Å²) in [7, 11) is 0. The van der Waals surface area contributed by atoms with Crippen molar-refractivity contribution in [1.82, 2.24) is 9.13 Å². The van der Waals surface area contributed by atoms with Crippen LogP contribution >= 0.6 is 0 Å². The number of hydrogen-bond donors (Lipinski definition) is 1. The van der Waals surface area contributed by atoms with Crippen molar-refractivity contribution in [3.05, 3.63) is 62.7 Å². The zero-order chi connectivity index (χ0) is 19.6. The maximum Gasteiger partial charge on any atom is 0.342 e. The summed E-state index contributed by atoms with van der Waals surface area (Å²) in [5.41, 5.74) is -3.58. The molecule has 1 aromatic heterocycles. The van der Waals surface area contributed by atoms with Gasteiger partial charge in [-0.15, -0.1) is 0 Å². The van der Waals surface area contributed by atoms with E-state index < -0.39 is 46.7 Å². The van der Waals surface area contributed by atoms with E-state index in [0.29, 0.717) is 4.57 Å². The Hall–Kier alpha value is -3.23. The number of halogens is 1. The normalized spacial score (nSPS) is 11.2. The molecule has 138 valence electrons. The molecule has 2 rings (SSSR count). The number of carboxylic acid groups (broad SMARTS) is 1. The van der Waals surface area contributed by atoms with Crippen LogP contribution in [0.1, 0.15) is 31.1 Å². The molecule has 8 nitrogen and oxygen atoms in total. The molecule has 9 heteroatoms. The van der Waals surface area contributed by atoms with Crippen LogP contribution in [0.4, 0.5) is 4.39 Å². The summed E-state index contributed by atoms with van der Waals surface area (Å²) in [6.45, 7) is 4.32. The minimum absolute atomic E-state index is 0.0255. The lowest BCUT2D eigenvalue weighted by atomic mass is 10.2. The third-order valence-corrected chi connectivity index (χ3v) is 3.19. The van der Waals surface area contributed by atoms with Crippen LogP contribution in [0.25, 0.3) is 5.69 Å². The topological polar surface area (TPSA) is 108 Å². The van der Waals surface area contributed by atoms with Gasteiger partial charge in [0, 0.05) is 6.20 Å². The van der Waals surface area contributed by atoms with Crippen LogP contribution in [0.15, 0.2) is 40.1 Å². The third-order valence-electron chi connectivity index (χ3n) is 3.19. The van der Waals surface area contributed by atoms with Gasteiger partial charge < -0.3 is 9.84 Å². The summed E-state index contributed by atoms with van der Waals surface area (Å²) in [6, 6.07) is 4.35. The molecule has 0 radical (unpaired) electrons. The summed E-state index contributed by atoms with van der Waals surface area (Å²) in [6.07, 6.45) is 0.789. The number of esters is 1. The van der Waals surface area contributed by atoms with E-state index in [-0.39, 0.29) is 5.69 Å². The number of aromatic nitrogens is 2. The highest BCUT2D eigenvalue weighted by Gasteiger charge is 2.21. The van der Waals surface area contributed by atoms with Crippen LogP contribution in [-0.4, -0.2) is 31.8 Å². The van der Waals surface area contributed by atoms with Crippen LogP contribution in [0, 0.1) is 5.82 Å². The predicted molar refractivity (Wildman–Crippen MR) is 89.1 cm³/mol. The largest absolute Gasteiger partial charge is 0.477 e. The number of aromatic carboxylic acids is 1. The zero-order valence-electron chi connectivity index (χ0n) is 14.4. The molecule has 0 saturated heterocycles. The van der Waals surface area contributed by atoms with Gasteiger partial charge in [0.1, 0.15) is 23.5 Å². The molecule has 0 spiro atoms. The van der Waals surface area contributed by atoms with E-state index in [9.17, 15) is 28.7 Å². The van der Waals surface area contributed by atoms with Crippen molar-refractivity contribution in [2.75, 3.05) is 0 Å². The van der Waals surface area contributed by atoms with Crippen LogP contribution in [-0.2, 0) is 16.1 Å². The third kappa shape index (κ3) is 4.24. The summed E-state index contributed by atoms with van der Waals surface area (Å²) in [5.74, 6) is -2.94. The molecule has 1 aromatic carbocycles. The van der Waals surface area contributed by atoms with Crippen molar-refractivity contribution in [1.29, 1.82) is 0 Å². The van der Waals surface area contributed by atoms with Gasteiger partial charge in [0.15, 0.2) is 0 Å². The van der Waals surface area contributed by atoms with E-state index in [0.717, 1.165) is 35.0 Å². The average Bonchev–Trinajstić information content (AvgIpc) is 2.50. The van der Waals surface area contributed by atoms with Gasteiger partial charge in [0.25, 0.3) is 5.56 Å². The molecular weight excluding hydrogens is 347 g/mol. The van der Waals surface area contributed by atoms with Crippen molar-refractivity contribution in [3.63, 3.8) is 0 Å². The van der Waals surface area contributed by atoms with Crippen molar-refractivity contribution < 1.29 is 23.8 Å². The Morgan fingerprint density at radius 2 is 1.73 bits per heavy atom. The summed E-state index contributed by atoms with van der Waals surface area (Å²) in [4.78, 5) is 48.2. The number of rotatable bonds is 4. The summed E-state index contributed by atoms with van der Waals surface area (Å²) in [5, 5.41) is 9.21. The molecule has 0 aliphatic rings. The van der Waals surface area contributed by atoms with Crippen molar-refractivity contribution in [2.45, 2.75) is 32.9 Å². The van der Waals surface area contributed by atoms with Gasteiger partial charge in [-0.2, -0.15) is 0 Å². The van der Waals surface area contributed by atoms with Gasteiger partial charge in [0.2, 0.25) is 0 Å². The van der Waals surface area contributed by atoms with Gasteiger partial charge in [-0.1, -0.05) is 0 Å². The highest BCUT2D eigenvalue weighted by Crippen LogP contribution is 2.08. The quantitative estimate of drug-likeness (QED) is 0.816. The van der Waals surface area contributed by atoms with Gasteiger partial charge in [-0.25, -0.2) is 18.5 Å². The Labute approximate surface area is 147 Å². The molecule has 1 N–H and O–H groups in total. The van der Waals surface area contributed by atoms with E-state index in [2.05, 4.69) is 0 Å². The maximum atomic E-state index is 13.1. The fourth-order valence-electron chi connectivity index (χ4n) is 2.19. The number of carbonyl (C=O) groups is 2. The number of hydrogen-bond acceptors (Lipinski definition) is 5. The van der Waals surface area contributed by atoms with Gasteiger partial charge in [0.05, 0.1) is 5.69 Å². The first kappa shape index (κ1) is 19.1. The SMILES string of the molecule is CC(C)(C)OC(=O)Cn1cc(C(=O)O)c(=O)n(-c2ccc(F)cc2)c1=O. The molecule has 2 aromatic rings. The molecule has 0 saturated carbocycles. The lowest BCUT2D eigenvalue weighted by Crippen LogP contribution is -2.42. The van der Waals surface area contributed by atoms with Crippen LogP contribution in [0.5, 0.6) is 0 Å². The Kier molecular flexibility index (Phi) is 5.10. The van der Waals surface area contributed by atoms with E-state index in [1.807, 2.05) is 0 Å². The first-order valence-electron chi connectivity index (χ1n) is 7.57. The fraction of sp³-hybridized carbons (Fsp3) is 0.294. The lowest BCUT2D eigenvalue weighted by Gasteiger charge is -2.20. The van der Waals surface area contributed by atoms with Crippen LogP contribution in [0.3, 0.4) is 0 Å². The molecule has 0 atom stereocenters. The number of ether oxygens (including phenoxy) is 1. The molecule has 0 amide bonds. The Morgan fingerprint density at radius 3 is 2.23 bits per heavy atom. The van der Waals surface area contributed by atoms with E-state index in [1.165, 1.54) is 0 Å². The molecule has 26 heavy (non-hydrogen) atoms. The van der Waals surface area contributed by atoms with Crippen molar-refractivity contribution in [2.24, 2.45) is 0 Å². The van der Waals surface area contributed by atoms with Gasteiger partial charge in [-0.3, -0.25) is 14.2 Å². The Balaban J connectivity index is 2.62. The molecule has 0 bridgehead atoms. The molecule has 0 aliphatic heterocycles. The number of nitrogens with zero attached hydrogens (tertiary/aromatic N) is 2. The van der Waals surface area contributed by atoms with Crippen molar-refractivity contribution in [3.8, 4) is 5.69 Å². The minimum Gasteiger partial charge on any atom is -0.477 e. The number of carboxylic acids is 1. The molecule has 0 aliphatic carbocycles. The standard InChI is InChI=1S/C17H17FN2O6/c1-17(2,3)26-13(21)9-19-8-12(15(23)24)14(22)20(16(19)25)11-6-4-10(18)5-7-11/h4-8H,9H2,1-3H3,(H,23,24). The number of carbonyl (C=O) groups excluding carboxylic acids is 1. The van der Waals surface area contributed by atoms with Gasteiger partial charge >= 0.3 is 17.6 Å². The monoisotopic (exact) mass is 364 g/mol. The summed E-state index contributed by atoms with van der Waals surface area (Å²) >= 11 is 0. The van der Waals surface area contributed by atoms with Crippen LogP contribution < -0.4 is 11.2 Å². The smallest absolute Gasteiger partial charge is 0.342 e. The fourth-order valence-corrected chi connectivity index (χ4v) is 2.19. The highest BCUT2D eigenvalue weighted by molar-refractivity contribution is 5.86. The van der Waals surface area contributed by atoms with E-state index >= 15 is 0 Å². The molecule has 1 heterocycles. The second-order valence-corrected chi connectivity index (χ2v) is 6.46. The predicted octanol–water partition coefficient (Wildman–Crippen LogP) is 1.18. The van der Waals surface area contributed by atoms with Gasteiger partial charge in [-0.05, 0) is 45.0 Å². The van der Waals surface area contributed by atoms with Crippen LogP contribution in [0.2, 0.25) is 0 Å². The highest BCUT2D eigenvalue weighted by atomic mass is 19.1. The minimum atomic E-state index is -1.57. The first-order chi connectivity index (χ1) is 12.0. The molecule has 0 unspecified atom stereocenters. The second-order valence-electron chi connectivity index (χ2n) is 6.46. The molecule has 0 fully saturated rings. The molecular formula is C17H17FN2O6. The zero-order valence-corrected chi connectivity index (χ0v) is 14.4. The Morgan fingerprint density at radius 1 is 1.15 bits per heavy atom. The van der Waals surface area contributed by atoms with E-state index in [1.54, 1.807) is 20.8 Å². The van der Waals surface area contributed by atoms with Crippen molar-refractivity contribution >= 4 is 11.9 Å². The summed E-state index contributed by atoms with van der Waals surface area (Å²) < 4.78 is 19.5. The maximum absolute atomic E-state index is 13.1. The van der Waals surface area contributed by atoms with E-state index in [4.69, 9.17) is 4.74 Å². The first-order valence-corrected chi connectivity index (χ1v) is 7.57.